The Hall–Kier alpha value is -2.22. The summed E-state index contributed by atoms with van der Waals surface area (Å²) in [6.45, 7) is 0. The molecule has 0 fully saturated rings. The van der Waals surface area contributed by atoms with E-state index in [1.54, 1.807) is 0 Å². The molecule has 0 amide bonds. The van der Waals surface area contributed by atoms with Crippen LogP contribution in [0.2, 0.25) is 0 Å². The third kappa shape index (κ3) is 2.54. The summed E-state index contributed by atoms with van der Waals surface area (Å²) < 4.78 is 39.4. The molecule has 18 heavy (non-hydrogen) atoms. The minimum absolute atomic E-state index is 0.00808. The molecule has 0 aliphatic heterocycles. The van der Waals surface area contributed by atoms with Crippen LogP contribution < -0.4 is 10.5 Å². The molecule has 2 aromatic rings. The summed E-state index contributed by atoms with van der Waals surface area (Å²) in [6, 6.07) is 6.23. The zero-order valence-electron chi connectivity index (χ0n) is 9.04. The predicted molar refractivity (Wildman–Crippen MR) is 63.7 cm³/mol. The van der Waals surface area contributed by atoms with Gasteiger partial charge in [-0.1, -0.05) is 0 Å². The summed E-state index contributed by atoms with van der Waals surface area (Å²) in [5.41, 5.74) is 5.49. The predicted octanol–water partition coefficient (Wildman–Crippen LogP) is 0.999. The van der Waals surface area contributed by atoms with Crippen LogP contribution in [0.5, 0.6) is 0 Å². The van der Waals surface area contributed by atoms with Gasteiger partial charge >= 0.3 is 0 Å². The Morgan fingerprint density at radius 1 is 1.28 bits per heavy atom. The standard InChI is InChI=1S/C10H9FN4O2S/c11-8-6-7(12)3-4-9(8)18(16,17)15-10-2-1-5-13-14-10/h1-6H,12H2,(H,14,15). The van der Waals surface area contributed by atoms with Crippen LogP contribution in [0, 0.1) is 5.82 Å². The maximum atomic E-state index is 13.5. The van der Waals surface area contributed by atoms with Crippen LogP contribution in [0.25, 0.3) is 0 Å². The Labute approximate surface area is 103 Å². The van der Waals surface area contributed by atoms with E-state index in [0.29, 0.717) is 0 Å². The van der Waals surface area contributed by atoms with Gasteiger partial charge in [0.1, 0.15) is 10.7 Å². The average Bonchev–Trinajstić information content (AvgIpc) is 2.29. The normalized spacial score (nSPS) is 11.2. The van der Waals surface area contributed by atoms with Gasteiger partial charge in [0.15, 0.2) is 5.82 Å². The lowest BCUT2D eigenvalue weighted by molar-refractivity contribution is 0.570. The second kappa shape index (κ2) is 4.57. The third-order valence-electron chi connectivity index (χ3n) is 2.06. The average molecular weight is 268 g/mol. The second-order valence-corrected chi connectivity index (χ2v) is 5.06. The van der Waals surface area contributed by atoms with Crippen molar-refractivity contribution in [2.45, 2.75) is 4.90 Å². The van der Waals surface area contributed by atoms with Gasteiger partial charge in [-0.05, 0) is 30.3 Å². The summed E-state index contributed by atoms with van der Waals surface area (Å²) in [5.74, 6) is -0.917. The number of sulfonamides is 1. The van der Waals surface area contributed by atoms with Crippen molar-refractivity contribution < 1.29 is 12.8 Å². The molecule has 0 atom stereocenters. The topological polar surface area (TPSA) is 98.0 Å². The van der Waals surface area contributed by atoms with Gasteiger partial charge in [-0.3, -0.25) is 4.72 Å². The second-order valence-electron chi connectivity index (χ2n) is 3.40. The highest BCUT2D eigenvalue weighted by Crippen LogP contribution is 2.19. The van der Waals surface area contributed by atoms with Crippen molar-refractivity contribution in [2.24, 2.45) is 0 Å². The molecule has 0 unspecified atom stereocenters. The lowest BCUT2D eigenvalue weighted by Gasteiger charge is -2.07. The van der Waals surface area contributed by atoms with E-state index >= 15 is 0 Å². The quantitative estimate of drug-likeness (QED) is 0.809. The molecular formula is C10H9FN4O2S. The molecule has 3 N–H and O–H groups in total. The van der Waals surface area contributed by atoms with Crippen molar-refractivity contribution in [3.8, 4) is 0 Å². The molecule has 0 radical (unpaired) electrons. The van der Waals surface area contributed by atoms with E-state index in [0.717, 1.165) is 12.1 Å². The number of nitrogen functional groups attached to an aromatic ring is 1. The highest BCUT2D eigenvalue weighted by atomic mass is 32.2. The summed E-state index contributed by atoms with van der Waals surface area (Å²) in [7, 11) is -4.04. The molecule has 94 valence electrons. The molecule has 8 heteroatoms. The molecule has 0 saturated carbocycles. The first kappa shape index (κ1) is 12.2. The van der Waals surface area contributed by atoms with Crippen LogP contribution in [-0.4, -0.2) is 18.6 Å². The maximum absolute atomic E-state index is 13.5. The molecule has 0 saturated heterocycles. The molecule has 0 aliphatic rings. The molecule has 1 aromatic heterocycles. The number of nitrogens with one attached hydrogen (secondary N) is 1. The monoisotopic (exact) mass is 268 g/mol. The number of benzene rings is 1. The van der Waals surface area contributed by atoms with Gasteiger partial charge in [-0.2, -0.15) is 5.10 Å². The van der Waals surface area contributed by atoms with Crippen LogP contribution in [-0.2, 0) is 10.0 Å². The molecule has 1 aromatic carbocycles. The molecule has 0 spiro atoms. The lowest BCUT2D eigenvalue weighted by atomic mass is 10.3. The van der Waals surface area contributed by atoms with Crippen molar-refractivity contribution in [1.82, 2.24) is 10.2 Å². The first-order valence-electron chi connectivity index (χ1n) is 4.84. The van der Waals surface area contributed by atoms with E-state index in [1.807, 2.05) is 0 Å². The van der Waals surface area contributed by atoms with Crippen molar-refractivity contribution in [3.63, 3.8) is 0 Å². The van der Waals surface area contributed by atoms with Crippen molar-refractivity contribution >= 4 is 21.5 Å². The van der Waals surface area contributed by atoms with Crippen molar-refractivity contribution in [3.05, 3.63) is 42.3 Å². The number of hydrogen-bond donors (Lipinski definition) is 2. The van der Waals surface area contributed by atoms with E-state index in [4.69, 9.17) is 5.73 Å². The highest BCUT2D eigenvalue weighted by molar-refractivity contribution is 7.92. The maximum Gasteiger partial charge on any atom is 0.266 e. The number of halogens is 1. The molecule has 2 rings (SSSR count). The van der Waals surface area contributed by atoms with Gasteiger partial charge in [0.05, 0.1) is 0 Å². The molecular weight excluding hydrogens is 259 g/mol. The van der Waals surface area contributed by atoms with E-state index in [2.05, 4.69) is 14.9 Å². The van der Waals surface area contributed by atoms with E-state index < -0.39 is 20.7 Å². The largest absolute Gasteiger partial charge is 0.399 e. The first-order chi connectivity index (χ1) is 8.49. The Bertz CT molecular complexity index is 661. The van der Waals surface area contributed by atoms with Gasteiger partial charge in [0.25, 0.3) is 10.0 Å². The Morgan fingerprint density at radius 2 is 2.06 bits per heavy atom. The Balaban J connectivity index is 2.37. The van der Waals surface area contributed by atoms with E-state index in [9.17, 15) is 12.8 Å². The minimum Gasteiger partial charge on any atom is -0.399 e. The number of rotatable bonds is 3. The smallest absolute Gasteiger partial charge is 0.266 e. The molecule has 0 aliphatic carbocycles. The fraction of sp³-hybridized carbons (Fsp3) is 0. The van der Waals surface area contributed by atoms with Gasteiger partial charge in [-0.25, -0.2) is 12.8 Å². The summed E-state index contributed by atoms with van der Waals surface area (Å²) in [4.78, 5) is -0.498. The summed E-state index contributed by atoms with van der Waals surface area (Å²) >= 11 is 0. The number of hydrogen-bond acceptors (Lipinski definition) is 5. The molecule has 6 nitrogen and oxygen atoms in total. The zero-order chi connectivity index (χ0) is 13.2. The Morgan fingerprint density at radius 3 is 2.67 bits per heavy atom. The molecule has 1 heterocycles. The van der Waals surface area contributed by atoms with Gasteiger partial charge in [-0.15, -0.1) is 5.10 Å². The summed E-state index contributed by atoms with van der Waals surface area (Å²) in [5, 5.41) is 7.06. The van der Waals surface area contributed by atoms with Crippen LogP contribution in [0.1, 0.15) is 0 Å². The van der Waals surface area contributed by atoms with Crippen LogP contribution >= 0.6 is 0 Å². The zero-order valence-corrected chi connectivity index (χ0v) is 9.86. The first-order valence-corrected chi connectivity index (χ1v) is 6.33. The Kier molecular flexibility index (Phi) is 3.11. The fourth-order valence-electron chi connectivity index (χ4n) is 1.28. The van der Waals surface area contributed by atoms with Gasteiger partial charge in [0, 0.05) is 11.9 Å². The van der Waals surface area contributed by atoms with Crippen LogP contribution in [0.3, 0.4) is 0 Å². The lowest BCUT2D eigenvalue weighted by Crippen LogP contribution is -2.15. The third-order valence-corrected chi connectivity index (χ3v) is 3.44. The number of nitrogens with two attached hydrogens (primary N) is 1. The SMILES string of the molecule is Nc1ccc(S(=O)(=O)Nc2cccnn2)c(F)c1. The summed E-state index contributed by atoms with van der Waals surface area (Å²) in [6.07, 6.45) is 1.39. The number of aromatic nitrogens is 2. The van der Waals surface area contributed by atoms with E-state index in [1.165, 1.54) is 24.4 Å². The molecule has 0 bridgehead atoms. The van der Waals surface area contributed by atoms with Crippen molar-refractivity contribution in [1.29, 1.82) is 0 Å². The van der Waals surface area contributed by atoms with Crippen LogP contribution in [0.4, 0.5) is 15.9 Å². The van der Waals surface area contributed by atoms with Gasteiger partial charge < -0.3 is 5.73 Å². The van der Waals surface area contributed by atoms with Crippen LogP contribution in [0.15, 0.2) is 41.4 Å². The number of nitrogens with zero attached hydrogens (tertiary/aromatic N) is 2. The van der Waals surface area contributed by atoms with Crippen molar-refractivity contribution in [2.75, 3.05) is 10.5 Å². The fourth-order valence-corrected chi connectivity index (χ4v) is 2.34. The van der Waals surface area contributed by atoms with E-state index in [-0.39, 0.29) is 11.5 Å². The minimum atomic E-state index is -4.04. The highest BCUT2D eigenvalue weighted by Gasteiger charge is 2.19. The van der Waals surface area contributed by atoms with Gasteiger partial charge in [0.2, 0.25) is 0 Å². The number of anilines is 2.